The van der Waals surface area contributed by atoms with Crippen molar-refractivity contribution in [1.82, 2.24) is 0 Å². The van der Waals surface area contributed by atoms with Crippen molar-refractivity contribution in [3.05, 3.63) is 24.3 Å². The highest BCUT2D eigenvalue weighted by molar-refractivity contribution is 5.13. The molecule has 0 aromatic heterocycles. The lowest BCUT2D eigenvalue weighted by molar-refractivity contribution is 0.000898. The Morgan fingerprint density at radius 3 is 1.55 bits per heavy atom. The fourth-order valence-corrected chi connectivity index (χ4v) is 6.94. The monoisotopic (exact) mass is 529 g/mol. The first-order valence-corrected chi connectivity index (χ1v) is 17.7. The van der Waals surface area contributed by atoms with Gasteiger partial charge in [0.1, 0.15) is 0 Å². The van der Waals surface area contributed by atoms with Crippen molar-refractivity contribution in [1.29, 1.82) is 0 Å². The molecule has 0 amide bonds. The molecule has 38 heavy (non-hydrogen) atoms. The number of allylic oxidation sites excluding steroid dienone is 3. The highest BCUT2D eigenvalue weighted by Crippen LogP contribution is 2.56. The fourth-order valence-electron chi connectivity index (χ4n) is 6.94. The first-order chi connectivity index (χ1) is 18.4. The van der Waals surface area contributed by atoms with Gasteiger partial charge in [0.15, 0.2) is 0 Å². The van der Waals surface area contributed by atoms with Crippen LogP contribution in [0.3, 0.4) is 0 Å². The molecular weight excluding hydrogens is 456 g/mol. The van der Waals surface area contributed by atoms with Crippen LogP contribution in [0, 0.1) is 23.2 Å². The summed E-state index contributed by atoms with van der Waals surface area (Å²) in [6.07, 6.45) is 40.3. The molecule has 3 unspecified atom stereocenters. The Bertz CT molecular complexity index is 567. The van der Waals surface area contributed by atoms with E-state index in [1.165, 1.54) is 161 Å². The molecule has 224 valence electrons. The minimum atomic E-state index is 0.595. The molecule has 0 nitrogen and oxygen atoms in total. The van der Waals surface area contributed by atoms with E-state index < -0.39 is 0 Å². The third-order valence-corrected chi connectivity index (χ3v) is 9.79. The van der Waals surface area contributed by atoms with Crippen LogP contribution < -0.4 is 0 Å². The second-order valence-corrected chi connectivity index (χ2v) is 14.0. The molecule has 2 fully saturated rings. The van der Waals surface area contributed by atoms with E-state index in [1.807, 2.05) is 0 Å². The summed E-state index contributed by atoms with van der Waals surface area (Å²) in [7, 11) is 0. The SMILES string of the molecule is C=C1CCCC(C)CCC2C1CC2(C)C.CCCCCCCCC=CCCCCCCCCCCCCC. The van der Waals surface area contributed by atoms with Crippen LogP contribution in [0.4, 0.5) is 0 Å². The highest BCUT2D eigenvalue weighted by Gasteiger charge is 2.47. The van der Waals surface area contributed by atoms with Gasteiger partial charge in [-0.05, 0) is 74.5 Å². The van der Waals surface area contributed by atoms with Gasteiger partial charge in [-0.15, -0.1) is 0 Å². The standard InChI is InChI=1S/C23H46.C15H26/c1-3-5-7-9-11-13-15-17-19-21-23-22-20-18-16-14-12-10-8-6-4-2;1-11-6-5-7-12(2)13-10-15(3,4)14(13)9-8-11/h17,19H,3-16,18,20-23H2,1-2H3;11,13-14H,2,5-10H2,1,3-4H3. The molecule has 0 aromatic rings. The molecule has 0 saturated heterocycles. The van der Waals surface area contributed by atoms with Gasteiger partial charge in [-0.25, -0.2) is 0 Å². The van der Waals surface area contributed by atoms with Crippen molar-refractivity contribution in [3.63, 3.8) is 0 Å². The lowest BCUT2D eigenvalue weighted by Crippen LogP contribution is -2.44. The summed E-state index contributed by atoms with van der Waals surface area (Å²) >= 11 is 0. The third kappa shape index (κ3) is 17.2. The van der Waals surface area contributed by atoms with Crippen molar-refractivity contribution >= 4 is 0 Å². The Morgan fingerprint density at radius 2 is 1.11 bits per heavy atom. The predicted molar refractivity (Wildman–Crippen MR) is 175 cm³/mol. The first-order valence-electron chi connectivity index (χ1n) is 17.7. The molecule has 0 aliphatic heterocycles. The molecule has 0 bridgehead atoms. The maximum absolute atomic E-state index is 4.33. The second-order valence-electron chi connectivity index (χ2n) is 14.0. The van der Waals surface area contributed by atoms with Crippen LogP contribution in [-0.4, -0.2) is 0 Å². The van der Waals surface area contributed by atoms with Gasteiger partial charge < -0.3 is 0 Å². The molecular formula is C38H72. The van der Waals surface area contributed by atoms with Gasteiger partial charge in [-0.2, -0.15) is 0 Å². The minimum absolute atomic E-state index is 0.595. The van der Waals surface area contributed by atoms with Gasteiger partial charge in [-0.3, -0.25) is 0 Å². The van der Waals surface area contributed by atoms with Crippen molar-refractivity contribution in [3.8, 4) is 0 Å². The lowest BCUT2D eigenvalue weighted by atomic mass is 9.52. The summed E-state index contributed by atoms with van der Waals surface area (Å²) in [5.74, 6) is 2.74. The van der Waals surface area contributed by atoms with E-state index in [0.29, 0.717) is 5.41 Å². The largest absolute Gasteiger partial charge is 0.0996 e. The summed E-state index contributed by atoms with van der Waals surface area (Å²) in [4.78, 5) is 0. The van der Waals surface area contributed by atoms with Crippen LogP contribution in [0.25, 0.3) is 0 Å². The highest BCUT2D eigenvalue weighted by atomic mass is 14.5. The van der Waals surface area contributed by atoms with Gasteiger partial charge in [0.25, 0.3) is 0 Å². The minimum Gasteiger partial charge on any atom is -0.0996 e. The van der Waals surface area contributed by atoms with Crippen LogP contribution >= 0.6 is 0 Å². The Morgan fingerprint density at radius 1 is 0.658 bits per heavy atom. The van der Waals surface area contributed by atoms with E-state index >= 15 is 0 Å². The van der Waals surface area contributed by atoms with E-state index in [4.69, 9.17) is 0 Å². The van der Waals surface area contributed by atoms with Crippen LogP contribution in [0.2, 0.25) is 0 Å². The number of fused-ring (bicyclic) bond motifs is 1. The molecule has 0 aromatic carbocycles. The van der Waals surface area contributed by atoms with Gasteiger partial charge in [0.2, 0.25) is 0 Å². The van der Waals surface area contributed by atoms with E-state index in [0.717, 1.165) is 17.8 Å². The van der Waals surface area contributed by atoms with Gasteiger partial charge >= 0.3 is 0 Å². The average Bonchev–Trinajstić information content (AvgIpc) is 2.94. The zero-order chi connectivity index (χ0) is 27.9. The maximum Gasteiger partial charge on any atom is -0.0167 e. The molecule has 2 rings (SSSR count). The summed E-state index contributed by atoms with van der Waals surface area (Å²) in [6, 6.07) is 0. The quantitative estimate of drug-likeness (QED) is 0.115. The number of rotatable bonds is 19. The number of hydrogen-bond donors (Lipinski definition) is 0. The van der Waals surface area contributed by atoms with Crippen LogP contribution in [0.15, 0.2) is 24.3 Å². The second kappa shape index (κ2) is 23.2. The zero-order valence-corrected chi connectivity index (χ0v) is 27.3. The molecule has 0 spiro atoms. The maximum atomic E-state index is 4.33. The molecule has 0 heterocycles. The Labute approximate surface area is 242 Å². The lowest BCUT2D eigenvalue weighted by Gasteiger charge is -2.53. The molecule has 3 atom stereocenters. The predicted octanol–water partition coefficient (Wildman–Crippen LogP) is 13.8. The van der Waals surface area contributed by atoms with Crippen molar-refractivity contribution in [2.75, 3.05) is 0 Å². The Hall–Kier alpha value is -0.520. The molecule has 0 N–H and O–H groups in total. The summed E-state index contributed by atoms with van der Waals surface area (Å²) in [6.45, 7) is 16.2. The normalized spacial score (nSPS) is 23.1. The summed E-state index contributed by atoms with van der Waals surface area (Å²) in [5.41, 5.74) is 2.16. The van der Waals surface area contributed by atoms with Crippen LogP contribution in [0.5, 0.6) is 0 Å². The van der Waals surface area contributed by atoms with Gasteiger partial charge in [-0.1, -0.05) is 168 Å². The topological polar surface area (TPSA) is 0 Å². The van der Waals surface area contributed by atoms with Crippen molar-refractivity contribution < 1.29 is 0 Å². The van der Waals surface area contributed by atoms with E-state index in [1.54, 1.807) is 5.57 Å². The van der Waals surface area contributed by atoms with E-state index in [9.17, 15) is 0 Å². The first kappa shape index (κ1) is 35.5. The van der Waals surface area contributed by atoms with E-state index in [2.05, 4.69) is 53.3 Å². The van der Waals surface area contributed by atoms with Crippen molar-refractivity contribution in [2.45, 2.75) is 195 Å². The van der Waals surface area contributed by atoms with Crippen LogP contribution in [-0.2, 0) is 0 Å². The Kier molecular flexibility index (Phi) is 21.7. The average molecular weight is 529 g/mol. The molecule has 0 radical (unpaired) electrons. The molecule has 0 heteroatoms. The molecule has 2 saturated carbocycles. The van der Waals surface area contributed by atoms with Crippen LogP contribution in [0.1, 0.15) is 195 Å². The zero-order valence-electron chi connectivity index (χ0n) is 27.3. The molecule has 2 aliphatic rings. The smallest absolute Gasteiger partial charge is 0.0167 e. The Balaban J connectivity index is 0.000000411. The summed E-state index contributed by atoms with van der Waals surface area (Å²) < 4.78 is 0. The summed E-state index contributed by atoms with van der Waals surface area (Å²) in [5, 5.41) is 0. The molecule has 2 aliphatic carbocycles. The van der Waals surface area contributed by atoms with E-state index in [-0.39, 0.29) is 0 Å². The van der Waals surface area contributed by atoms with Gasteiger partial charge in [0.05, 0.1) is 0 Å². The van der Waals surface area contributed by atoms with Crippen molar-refractivity contribution in [2.24, 2.45) is 23.2 Å². The fraction of sp³-hybridized carbons (Fsp3) is 0.895. The van der Waals surface area contributed by atoms with Gasteiger partial charge in [0, 0.05) is 0 Å². The number of hydrogen-bond acceptors (Lipinski definition) is 0. The number of unbranched alkanes of at least 4 members (excludes halogenated alkanes) is 17. The third-order valence-electron chi connectivity index (χ3n) is 9.79.